The monoisotopic (exact) mass is 590 g/mol. The van der Waals surface area contributed by atoms with Crippen molar-refractivity contribution in [2.24, 2.45) is 0 Å². The molecule has 1 fully saturated rings. The van der Waals surface area contributed by atoms with Crippen molar-refractivity contribution >= 4 is 45.4 Å². The number of hydrogen-bond acceptors (Lipinski definition) is 6. The fraction of sp³-hybridized carbons (Fsp3) is 0.438. The Balaban J connectivity index is 1.32. The van der Waals surface area contributed by atoms with Gasteiger partial charge in [0.15, 0.2) is 0 Å². The summed E-state index contributed by atoms with van der Waals surface area (Å²) in [7, 11) is 0. The molecular weight excluding hydrogens is 556 g/mol. The number of fused-ring (bicyclic) bond motifs is 4. The van der Waals surface area contributed by atoms with Crippen molar-refractivity contribution in [1.29, 1.82) is 0 Å². The standard InChI is InChI=1S/C32H35ClN4O5/c1-18-25-27(35-42-18)26-23(33)13-8-14-24(26)37(30(25)39)21-11-7-10-20(17-21)34-29(38)28-22-12-6-5-9-19(22)15-16-36(28)31(40)41-32(2,3)4/h5-6,8-9,12-14,20-21,28H,7,10-11,15-17H2,1-4H3,(H,34,38). The number of benzene rings is 2. The topological polar surface area (TPSA) is 107 Å². The van der Waals surface area contributed by atoms with Gasteiger partial charge in [-0.3, -0.25) is 14.5 Å². The van der Waals surface area contributed by atoms with Gasteiger partial charge in [-0.25, -0.2) is 4.79 Å². The predicted molar refractivity (Wildman–Crippen MR) is 161 cm³/mol. The van der Waals surface area contributed by atoms with Crippen LogP contribution in [0.15, 0.2) is 51.8 Å². The quantitative estimate of drug-likeness (QED) is 0.303. The minimum Gasteiger partial charge on any atom is -0.444 e. The third-order valence-electron chi connectivity index (χ3n) is 8.30. The number of aryl methyl sites for hydroxylation is 1. The molecule has 2 amide bonds. The van der Waals surface area contributed by atoms with Crippen LogP contribution in [0.25, 0.3) is 21.8 Å². The van der Waals surface area contributed by atoms with E-state index in [9.17, 15) is 14.4 Å². The number of hydrogen-bond donors (Lipinski definition) is 1. The summed E-state index contributed by atoms with van der Waals surface area (Å²) in [6.45, 7) is 7.57. The first-order valence-corrected chi connectivity index (χ1v) is 14.9. The maximum absolute atomic E-state index is 14.0. The molecule has 6 rings (SSSR count). The lowest BCUT2D eigenvalue weighted by atomic mass is 9.88. The molecule has 2 aliphatic rings. The molecule has 0 radical (unpaired) electrons. The van der Waals surface area contributed by atoms with E-state index < -0.39 is 17.7 Å². The molecule has 0 bridgehead atoms. The Labute approximate surface area is 248 Å². The van der Waals surface area contributed by atoms with Crippen LogP contribution in [0.2, 0.25) is 5.02 Å². The Morgan fingerprint density at radius 2 is 1.88 bits per heavy atom. The van der Waals surface area contributed by atoms with E-state index in [-0.39, 0.29) is 23.6 Å². The van der Waals surface area contributed by atoms with Crippen LogP contribution in [0.4, 0.5) is 4.79 Å². The Kier molecular flexibility index (Phi) is 7.25. The highest BCUT2D eigenvalue weighted by molar-refractivity contribution is 6.37. The molecule has 1 aliphatic heterocycles. The van der Waals surface area contributed by atoms with Crippen molar-refractivity contribution in [2.75, 3.05) is 6.54 Å². The van der Waals surface area contributed by atoms with Crippen molar-refractivity contribution in [3.63, 3.8) is 0 Å². The molecule has 2 aromatic carbocycles. The molecule has 3 heterocycles. The minimum atomic E-state index is -0.802. The van der Waals surface area contributed by atoms with Crippen LogP contribution >= 0.6 is 11.6 Å². The smallest absolute Gasteiger partial charge is 0.411 e. The van der Waals surface area contributed by atoms with E-state index >= 15 is 0 Å². The lowest BCUT2D eigenvalue weighted by Gasteiger charge is -2.38. The second-order valence-electron chi connectivity index (χ2n) is 12.3. The Morgan fingerprint density at radius 3 is 2.67 bits per heavy atom. The molecule has 1 aliphatic carbocycles. The Morgan fingerprint density at radius 1 is 1.10 bits per heavy atom. The molecule has 220 valence electrons. The van der Waals surface area contributed by atoms with Crippen molar-refractivity contribution in [3.8, 4) is 0 Å². The number of nitrogens with zero attached hydrogens (tertiary/aromatic N) is 3. The zero-order valence-corrected chi connectivity index (χ0v) is 25.0. The zero-order valence-electron chi connectivity index (χ0n) is 24.3. The molecule has 0 spiro atoms. The van der Waals surface area contributed by atoms with Gasteiger partial charge >= 0.3 is 6.09 Å². The number of carbonyl (C=O) groups is 2. The average Bonchev–Trinajstić information content (AvgIpc) is 3.33. The molecule has 3 atom stereocenters. The number of amides is 2. The number of pyridine rings is 1. The molecule has 4 aromatic rings. The summed E-state index contributed by atoms with van der Waals surface area (Å²) >= 11 is 6.62. The minimum absolute atomic E-state index is 0.170. The first-order valence-electron chi connectivity index (χ1n) is 14.5. The van der Waals surface area contributed by atoms with Crippen LogP contribution in [0.3, 0.4) is 0 Å². The van der Waals surface area contributed by atoms with Crippen LogP contribution < -0.4 is 10.9 Å². The van der Waals surface area contributed by atoms with Gasteiger partial charge in [-0.2, -0.15) is 0 Å². The van der Waals surface area contributed by atoms with Crippen molar-refractivity contribution in [3.05, 3.63) is 74.7 Å². The van der Waals surface area contributed by atoms with E-state index in [2.05, 4.69) is 10.5 Å². The maximum atomic E-state index is 14.0. The summed E-state index contributed by atoms with van der Waals surface area (Å²) in [5.41, 5.74) is 2.16. The first-order chi connectivity index (χ1) is 20.0. The van der Waals surface area contributed by atoms with Crippen LogP contribution in [-0.2, 0) is 16.0 Å². The van der Waals surface area contributed by atoms with Crippen molar-refractivity contribution in [2.45, 2.75) is 83.5 Å². The van der Waals surface area contributed by atoms with E-state index in [0.29, 0.717) is 52.0 Å². The summed E-state index contributed by atoms with van der Waals surface area (Å²) in [6.07, 6.45) is 3.07. The fourth-order valence-corrected chi connectivity index (χ4v) is 6.77. The molecule has 0 saturated heterocycles. The Hall–Kier alpha value is -3.85. The molecule has 3 unspecified atom stereocenters. The van der Waals surface area contributed by atoms with Crippen molar-refractivity contribution in [1.82, 2.24) is 19.9 Å². The van der Waals surface area contributed by atoms with Crippen LogP contribution in [0.1, 0.15) is 75.4 Å². The Bertz CT molecular complexity index is 1750. The molecule has 10 heteroatoms. The maximum Gasteiger partial charge on any atom is 0.411 e. The van der Waals surface area contributed by atoms with Crippen molar-refractivity contribution < 1.29 is 18.8 Å². The fourth-order valence-electron chi connectivity index (χ4n) is 6.51. The van der Waals surface area contributed by atoms with Gasteiger partial charge in [-0.05, 0) is 83.1 Å². The second kappa shape index (κ2) is 10.8. The molecule has 1 saturated carbocycles. The summed E-state index contributed by atoms with van der Waals surface area (Å²) in [6, 6.07) is 12.1. The largest absolute Gasteiger partial charge is 0.444 e. The summed E-state index contributed by atoms with van der Waals surface area (Å²) in [5, 5.41) is 9.00. The van der Waals surface area contributed by atoms with Gasteiger partial charge in [0.05, 0.1) is 10.5 Å². The highest BCUT2D eigenvalue weighted by Gasteiger charge is 2.39. The van der Waals surface area contributed by atoms with Gasteiger partial charge < -0.3 is 19.1 Å². The number of nitrogens with one attached hydrogen (secondary N) is 1. The molecule has 9 nitrogen and oxygen atoms in total. The second-order valence-corrected chi connectivity index (χ2v) is 12.7. The van der Waals surface area contributed by atoms with E-state index in [1.165, 1.54) is 4.90 Å². The number of carbonyl (C=O) groups excluding carboxylic acids is 2. The van der Waals surface area contributed by atoms with Gasteiger partial charge in [0.1, 0.15) is 28.3 Å². The highest BCUT2D eigenvalue weighted by atomic mass is 35.5. The molecular formula is C32H35ClN4O5. The third-order valence-corrected chi connectivity index (χ3v) is 8.62. The number of ether oxygens (including phenoxy) is 1. The van der Waals surface area contributed by atoms with E-state index in [4.69, 9.17) is 20.9 Å². The van der Waals surface area contributed by atoms with Gasteiger partial charge in [-0.15, -0.1) is 0 Å². The summed E-state index contributed by atoms with van der Waals surface area (Å²) < 4.78 is 12.9. The summed E-state index contributed by atoms with van der Waals surface area (Å²) in [5.74, 6) is 0.202. The molecule has 2 aromatic heterocycles. The van der Waals surface area contributed by atoms with E-state index in [1.807, 2.05) is 57.2 Å². The van der Waals surface area contributed by atoms with Crippen LogP contribution in [-0.4, -0.2) is 44.8 Å². The van der Waals surface area contributed by atoms with Gasteiger partial charge in [0.25, 0.3) is 5.56 Å². The SMILES string of the molecule is Cc1onc2c1c(=O)n(C1CCCC(NC(=O)C3c4ccccc4CCN3C(=O)OC(C)(C)C)C1)c1cccc(Cl)c21. The highest BCUT2D eigenvalue weighted by Crippen LogP contribution is 2.36. The van der Waals surface area contributed by atoms with E-state index in [1.54, 1.807) is 17.6 Å². The first kappa shape index (κ1) is 28.3. The van der Waals surface area contributed by atoms with Crippen LogP contribution in [0.5, 0.6) is 0 Å². The lowest BCUT2D eigenvalue weighted by Crippen LogP contribution is -2.51. The predicted octanol–water partition coefficient (Wildman–Crippen LogP) is 6.24. The number of halogens is 1. The van der Waals surface area contributed by atoms with Gasteiger partial charge in [0.2, 0.25) is 5.91 Å². The summed E-state index contributed by atoms with van der Waals surface area (Å²) in [4.78, 5) is 42.6. The molecule has 1 N–H and O–H groups in total. The van der Waals surface area contributed by atoms with Gasteiger partial charge in [-0.1, -0.05) is 47.1 Å². The average molecular weight is 591 g/mol. The number of aromatic nitrogens is 2. The molecule has 42 heavy (non-hydrogen) atoms. The van der Waals surface area contributed by atoms with Gasteiger partial charge in [0, 0.05) is 24.0 Å². The normalized spacial score (nSPS) is 20.9. The number of rotatable bonds is 3. The lowest BCUT2D eigenvalue weighted by molar-refractivity contribution is -0.128. The third kappa shape index (κ3) is 5.04. The zero-order chi connectivity index (χ0) is 29.8. The van der Waals surface area contributed by atoms with Crippen LogP contribution in [0, 0.1) is 6.92 Å². The van der Waals surface area contributed by atoms with E-state index in [0.717, 1.165) is 30.4 Å².